The molecule has 5 rings (SSSR count). The largest absolute Gasteiger partial charge is 0.573 e. The van der Waals surface area contributed by atoms with Gasteiger partial charge in [0.1, 0.15) is 15.6 Å². The standard InChI is InChI=1S/C19H20F3N3O2S/c1-11-16(12-6-8-25(11)9-7-12)24-17(26)15-10-23-18(28-15)13-4-2-3-5-14(13)27-19(20,21)22/h2-5,10-12,16H,6-9H2,1H3,(H,24,26)/t11-,16-/m0/s1. The lowest BCUT2D eigenvalue weighted by Crippen LogP contribution is -2.62. The van der Waals surface area contributed by atoms with Gasteiger partial charge in [0.25, 0.3) is 5.91 Å². The molecule has 3 aliphatic rings. The van der Waals surface area contributed by atoms with E-state index in [1.165, 1.54) is 24.4 Å². The van der Waals surface area contributed by atoms with Gasteiger partial charge in [0.05, 0.1) is 11.8 Å². The van der Waals surface area contributed by atoms with Crippen molar-refractivity contribution < 1.29 is 22.7 Å². The minimum Gasteiger partial charge on any atom is -0.405 e. The fourth-order valence-corrected chi connectivity index (χ4v) is 4.98. The van der Waals surface area contributed by atoms with Crippen molar-refractivity contribution in [1.29, 1.82) is 0 Å². The van der Waals surface area contributed by atoms with E-state index in [9.17, 15) is 18.0 Å². The number of ether oxygens (including phenoxy) is 1. The van der Waals surface area contributed by atoms with Crippen molar-refractivity contribution in [3.63, 3.8) is 0 Å². The van der Waals surface area contributed by atoms with Crippen molar-refractivity contribution in [2.75, 3.05) is 13.1 Å². The summed E-state index contributed by atoms with van der Waals surface area (Å²) in [6.45, 7) is 4.26. The Morgan fingerprint density at radius 3 is 2.68 bits per heavy atom. The third-order valence-electron chi connectivity index (χ3n) is 5.55. The first-order valence-electron chi connectivity index (χ1n) is 9.18. The highest BCUT2D eigenvalue weighted by Crippen LogP contribution is 2.36. The first-order chi connectivity index (χ1) is 13.3. The Bertz CT molecular complexity index is 860. The van der Waals surface area contributed by atoms with E-state index in [0.717, 1.165) is 37.3 Å². The minimum absolute atomic E-state index is 0.0846. The highest BCUT2D eigenvalue weighted by atomic mass is 32.1. The van der Waals surface area contributed by atoms with Crippen LogP contribution in [0.2, 0.25) is 0 Å². The Hall–Kier alpha value is -2.13. The van der Waals surface area contributed by atoms with Gasteiger partial charge in [-0.15, -0.1) is 24.5 Å². The fourth-order valence-electron chi connectivity index (χ4n) is 4.13. The van der Waals surface area contributed by atoms with Crippen LogP contribution < -0.4 is 10.1 Å². The number of hydrogen-bond donors (Lipinski definition) is 1. The molecule has 1 amide bonds. The molecule has 1 aromatic heterocycles. The summed E-state index contributed by atoms with van der Waals surface area (Å²) in [4.78, 5) is 19.6. The smallest absolute Gasteiger partial charge is 0.405 e. The number of alkyl halides is 3. The lowest BCUT2D eigenvalue weighted by Gasteiger charge is -2.49. The van der Waals surface area contributed by atoms with Crippen molar-refractivity contribution in [2.45, 2.75) is 38.2 Å². The molecule has 28 heavy (non-hydrogen) atoms. The number of para-hydroxylation sites is 1. The van der Waals surface area contributed by atoms with Gasteiger partial charge in [-0.2, -0.15) is 0 Å². The van der Waals surface area contributed by atoms with Crippen LogP contribution in [0.15, 0.2) is 30.5 Å². The van der Waals surface area contributed by atoms with Crippen molar-refractivity contribution >= 4 is 17.2 Å². The molecule has 0 spiro atoms. The summed E-state index contributed by atoms with van der Waals surface area (Å²) in [5.41, 5.74) is 0.208. The first-order valence-corrected chi connectivity index (χ1v) is 9.99. The molecule has 2 atom stereocenters. The molecule has 2 aromatic rings. The number of hydrogen-bond acceptors (Lipinski definition) is 5. The normalized spacial score (nSPS) is 26.9. The number of aromatic nitrogens is 1. The average Bonchev–Trinajstić information content (AvgIpc) is 3.14. The zero-order chi connectivity index (χ0) is 19.9. The predicted octanol–water partition coefficient (Wildman–Crippen LogP) is 3.92. The van der Waals surface area contributed by atoms with Crippen LogP contribution in [0.4, 0.5) is 13.2 Å². The van der Waals surface area contributed by atoms with E-state index >= 15 is 0 Å². The van der Waals surface area contributed by atoms with Crippen LogP contribution >= 0.6 is 11.3 Å². The Morgan fingerprint density at radius 2 is 2.00 bits per heavy atom. The third kappa shape index (κ3) is 3.86. The van der Waals surface area contributed by atoms with Gasteiger partial charge in [-0.25, -0.2) is 4.98 Å². The van der Waals surface area contributed by atoms with E-state index < -0.39 is 6.36 Å². The maximum Gasteiger partial charge on any atom is 0.573 e. The number of carbonyl (C=O) groups is 1. The van der Waals surface area contributed by atoms with Gasteiger partial charge < -0.3 is 10.1 Å². The summed E-state index contributed by atoms with van der Waals surface area (Å²) in [6, 6.07) is 6.16. The van der Waals surface area contributed by atoms with Crippen LogP contribution in [0.3, 0.4) is 0 Å². The number of carbonyl (C=O) groups excluding carboxylic acids is 1. The zero-order valence-electron chi connectivity index (χ0n) is 15.2. The Morgan fingerprint density at radius 1 is 1.29 bits per heavy atom. The number of nitrogens with one attached hydrogen (secondary N) is 1. The van der Waals surface area contributed by atoms with Gasteiger partial charge in [0, 0.05) is 12.1 Å². The van der Waals surface area contributed by atoms with Crippen molar-refractivity contribution in [2.24, 2.45) is 5.92 Å². The van der Waals surface area contributed by atoms with E-state index in [4.69, 9.17) is 0 Å². The van der Waals surface area contributed by atoms with E-state index in [0.29, 0.717) is 15.8 Å². The number of fused-ring (bicyclic) bond motifs is 3. The van der Waals surface area contributed by atoms with Gasteiger partial charge in [-0.05, 0) is 50.9 Å². The van der Waals surface area contributed by atoms with Crippen molar-refractivity contribution in [1.82, 2.24) is 15.2 Å². The molecular weight excluding hydrogens is 391 g/mol. The average molecular weight is 411 g/mol. The number of nitrogens with zero attached hydrogens (tertiary/aromatic N) is 2. The topological polar surface area (TPSA) is 54.5 Å². The summed E-state index contributed by atoms with van der Waals surface area (Å²) >= 11 is 1.06. The Kier molecular flexibility index (Phi) is 5.05. The van der Waals surface area contributed by atoms with E-state index in [1.54, 1.807) is 6.07 Å². The van der Waals surface area contributed by atoms with Gasteiger partial charge in [0.2, 0.25) is 0 Å². The highest BCUT2D eigenvalue weighted by molar-refractivity contribution is 7.16. The van der Waals surface area contributed by atoms with Gasteiger partial charge in [0.15, 0.2) is 0 Å². The summed E-state index contributed by atoms with van der Waals surface area (Å²) in [5, 5.41) is 3.42. The Labute approximate surface area is 164 Å². The molecule has 3 aliphatic heterocycles. The fraction of sp³-hybridized carbons (Fsp3) is 0.474. The number of amides is 1. The third-order valence-corrected chi connectivity index (χ3v) is 6.58. The molecule has 5 nitrogen and oxygen atoms in total. The minimum atomic E-state index is -4.79. The van der Waals surface area contributed by atoms with Gasteiger partial charge in [-0.3, -0.25) is 9.69 Å². The molecule has 4 heterocycles. The van der Waals surface area contributed by atoms with Crippen molar-refractivity contribution in [3.05, 3.63) is 35.3 Å². The molecule has 3 saturated heterocycles. The van der Waals surface area contributed by atoms with E-state index in [2.05, 4.69) is 26.9 Å². The monoisotopic (exact) mass is 411 g/mol. The summed E-state index contributed by atoms with van der Waals surface area (Å²) < 4.78 is 42.0. The quantitative estimate of drug-likeness (QED) is 0.829. The maximum atomic E-state index is 12.7. The zero-order valence-corrected chi connectivity index (χ0v) is 16.0. The molecule has 0 saturated carbocycles. The number of thiazole rings is 1. The van der Waals surface area contributed by atoms with Crippen LogP contribution in [0.25, 0.3) is 10.6 Å². The SMILES string of the molecule is C[C@H]1[C@H](NC(=O)c2cnc(-c3ccccc3OC(F)(F)F)s2)C2CCN1CC2. The second kappa shape index (κ2) is 7.36. The second-order valence-corrected chi connectivity index (χ2v) is 8.22. The van der Waals surface area contributed by atoms with Crippen LogP contribution in [-0.4, -0.2) is 47.3 Å². The molecule has 3 fully saturated rings. The first kappa shape index (κ1) is 19.2. The number of rotatable bonds is 4. The molecular formula is C19H20F3N3O2S. The van der Waals surface area contributed by atoms with Crippen LogP contribution in [-0.2, 0) is 0 Å². The molecule has 0 unspecified atom stereocenters. The molecule has 0 aliphatic carbocycles. The molecule has 1 N–H and O–H groups in total. The molecule has 0 radical (unpaired) electrons. The number of piperidine rings is 3. The van der Waals surface area contributed by atoms with Crippen LogP contribution in [0.5, 0.6) is 5.75 Å². The molecule has 2 bridgehead atoms. The lowest BCUT2D eigenvalue weighted by molar-refractivity contribution is -0.274. The van der Waals surface area contributed by atoms with E-state index in [1.807, 2.05) is 0 Å². The van der Waals surface area contributed by atoms with Crippen LogP contribution in [0.1, 0.15) is 29.4 Å². The molecule has 1 aromatic carbocycles. The second-order valence-electron chi connectivity index (χ2n) is 7.19. The molecule has 150 valence electrons. The predicted molar refractivity (Wildman–Crippen MR) is 99.2 cm³/mol. The summed E-state index contributed by atoms with van der Waals surface area (Å²) in [7, 11) is 0. The number of halogens is 3. The molecule has 9 heteroatoms. The maximum absolute atomic E-state index is 12.7. The van der Waals surface area contributed by atoms with E-state index in [-0.39, 0.29) is 29.3 Å². The van der Waals surface area contributed by atoms with Crippen molar-refractivity contribution in [3.8, 4) is 16.3 Å². The summed E-state index contributed by atoms with van der Waals surface area (Å²) in [5.74, 6) is -0.0943. The van der Waals surface area contributed by atoms with Crippen LogP contribution in [0, 0.1) is 5.92 Å². The Balaban J connectivity index is 1.51. The summed E-state index contributed by atoms with van der Waals surface area (Å²) in [6.07, 6.45) is -1.23. The highest BCUT2D eigenvalue weighted by Gasteiger charge is 2.40. The van der Waals surface area contributed by atoms with Gasteiger partial charge >= 0.3 is 6.36 Å². The lowest BCUT2D eigenvalue weighted by atomic mass is 9.79. The van der Waals surface area contributed by atoms with Gasteiger partial charge in [-0.1, -0.05) is 12.1 Å². The number of benzene rings is 1.